The van der Waals surface area contributed by atoms with E-state index in [1.54, 1.807) is 18.5 Å². The normalized spacial score (nSPS) is 11.2. The predicted octanol–water partition coefficient (Wildman–Crippen LogP) is 5.30. The molecule has 0 aliphatic carbocycles. The molecule has 0 atom stereocenters. The zero-order valence-electron chi connectivity index (χ0n) is 13.2. The van der Waals surface area contributed by atoms with Crippen LogP contribution in [0, 0.1) is 18.6 Å². The van der Waals surface area contributed by atoms with Gasteiger partial charge in [-0.25, -0.2) is 13.8 Å². The first-order chi connectivity index (χ1) is 12.0. The molecule has 0 saturated heterocycles. The van der Waals surface area contributed by atoms with Crippen molar-refractivity contribution < 1.29 is 8.78 Å². The first-order valence-electron chi connectivity index (χ1n) is 7.58. The minimum atomic E-state index is -0.796. The number of benzene rings is 1. The van der Waals surface area contributed by atoms with E-state index in [0.717, 1.165) is 28.5 Å². The van der Waals surface area contributed by atoms with E-state index in [4.69, 9.17) is 11.6 Å². The molecule has 4 rings (SSSR count). The quantitative estimate of drug-likeness (QED) is 0.456. The van der Waals surface area contributed by atoms with Crippen LogP contribution in [-0.2, 0) is 0 Å². The lowest BCUT2D eigenvalue weighted by molar-refractivity contribution is 0.585. The van der Waals surface area contributed by atoms with E-state index >= 15 is 0 Å². The van der Waals surface area contributed by atoms with Crippen LogP contribution in [0.15, 0.2) is 55.0 Å². The molecule has 0 unspecified atom stereocenters. The van der Waals surface area contributed by atoms with Gasteiger partial charge in [0.1, 0.15) is 17.3 Å². The van der Waals surface area contributed by atoms with Gasteiger partial charge in [-0.15, -0.1) is 0 Å². The number of fused-ring (bicyclic) bond motifs is 1. The van der Waals surface area contributed by atoms with Crippen LogP contribution in [0.5, 0.6) is 0 Å². The molecule has 0 amide bonds. The molecule has 0 bridgehead atoms. The number of aryl methyl sites for hydroxylation is 1. The molecule has 0 aliphatic heterocycles. The molecule has 124 valence electrons. The highest BCUT2D eigenvalue weighted by molar-refractivity contribution is 6.31. The van der Waals surface area contributed by atoms with E-state index in [2.05, 4.69) is 9.97 Å². The molecule has 3 heterocycles. The van der Waals surface area contributed by atoms with E-state index < -0.39 is 11.6 Å². The summed E-state index contributed by atoms with van der Waals surface area (Å²) in [6.45, 7) is 1.95. The first-order valence-corrected chi connectivity index (χ1v) is 7.96. The minimum Gasteiger partial charge on any atom is -0.304 e. The summed E-state index contributed by atoms with van der Waals surface area (Å²) in [5.74, 6) is -1.50. The average Bonchev–Trinajstić information content (AvgIpc) is 2.99. The average molecular weight is 356 g/mol. The Morgan fingerprint density at radius 3 is 2.68 bits per heavy atom. The summed E-state index contributed by atoms with van der Waals surface area (Å²) >= 11 is 5.84. The van der Waals surface area contributed by atoms with Gasteiger partial charge in [-0.1, -0.05) is 17.7 Å². The zero-order valence-corrected chi connectivity index (χ0v) is 13.9. The molecule has 0 saturated carbocycles. The molecular formula is C19H12ClF2N3. The molecular weight excluding hydrogens is 344 g/mol. The van der Waals surface area contributed by atoms with Crippen molar-refractivity contribution in [2.45, 2.75) is 6.92 Å². The monoisotopic (exact) mass is 355 g/mol. The number of rotatable bonds is 2. The van der Waals surface area contributed by atoms with Crippen LogP contribution in [0.25, 0.3) is 28.0 Å². The fraction of sp³-hybridized carbons (Fsp3) is 0.0526. The molecule has 3 aromatic heterocycles. The smallest absolute Gasteiger partial charge is 0.144 e. The van der Waals surface area contributed by atoms with Gasteiger partial charge in [-0.3, -0.25) is 4.98 Å². The number of hydrogen-bond acceptors (Lipinski definition) is 2. The summed E-state index contributed by atoms with van der Waals surface area (Å²) in [7, 11) is 0. The van der Waals surface area contributed by atoms with E-state index in [0.29, 0.717) is 5.69 Å². The topological polar surface area (TPSA) is 30.2 Å². The standard InChI is InChI=1S/C19H12ClF2N3/c1-11-9-24-18-5-4-12(10-25(11)18)13-3-2-6-23-19(13)14-7-15(20)17(22)8-16(14)21/h2-10H,1H3. The molecule has 0 spiro atoms. The SMILES string of the molecule is Cc1cnc2ccc(-c3cccnc3-c3cc(Cl)c(F)cc3F)cn12. The van der Waals surface area contributed by atoms with Crippen molar-refractivity contribution in [1.29, 1.82) is 0 Å². The van der Waals surface area contributed by atoms with Crippen molar-refractivity contribution in [3.8, 4) is 22.4 Å². The molecule has 0 aliphatic rings. The maximum absolute atomic E-state index is 14.3. The van der Waals surface area contributed by atoms with Crippen LogP contribution in [0.3, 0.4) is 0 Å². The summed E-state index contributed by atoms with van der Waals surface area (Å²) in [4.78, 5) is 8.60. The van der Waals surface area contributed by atoms with Gasteiger partial charge in [0, 0.05) is 47.0 Å². The molecule has 1 aromatic carbocycles. The lowest BCUT2D eigenvalue weighted by atomic mass is 10.00. The second kappa shape index (κ2) is 5.93. The minimum absolute atomic E-state index is 0.145. The lowest BCUT2D eigenvalue weighted by Crippen LogP contribution is -1.95. The van der Waals surface area contributed by atoms with Crippen molar-refractivity contribution >= 4 is 17.2 Å². The second-order valence-electron chi connectivity index (χ2n) is 5.69. The Labute approximate surface area is 147 Å². The van der Waals surface area contributed by atoms with Crippen LogP contribution in [-0.4, -0.2) is 14.4 Å². The fourth-order valence-electron chi connectivity index (χ4n) is 2.82. The van der Waals surface area contributed by atoms with Gasteiger partial charge in [-0.2, -0.15) is 0 Å². The van der Waals surface area contributed by atoms with Crippen molar-refractivity contribution in [3.63, 3.8) is 0 Å². The Morgan fingerprint density at radius 1 is 1.00 bits per heavy atom. The summed E-state index contributed by atoms with van der Waals surface area (Å²) in [6, 6.07) is 9.43. The van der Waals surface area contributed by atoms with Gasteiger partial charge in [0.2, 0.25) is 0 Å². The molecule has 0 N–H and O–H groups in total. The number of aromatic nitrogens is 3. The van der Waals surface area contributed by atoms with Gasteiger partial charge in [0.15, 0.2) is 0 Å². The van der Waals surface area contributed by atoms with Crippen molar-refractivity contribution in [3.05, 3.63) is 77.3 Å². The van der Waals surface area contributed by atoms with Crippen LogP contribution >= 0.6 is 11.6 Å². The van der Waals surface area contributed by atoms with Crippen LogP contribution < -0.4 is 0 Å². The largest absolute Gasteiger partial charge is 0.304 e. The maximum atomic E-state index is 14.3. The summed E-state index contributed by atoms with van der Waals surface area (Å²) in [6.07, 6.45) is 5.26. The summed E-state index contributed by atoms with van der Waals surface area (Å²) in [5, 5.41) is -0.145. The third-order valence-corrected chi connectivity index (χ3v) is 4.36. The third-order valence-electron chi connectivity index (χ3n) is 4.07. The molecule has 6 heteroatoms. The summed E-state index contributed by atoms with van der Waals surface area (Å²) < 4.78 is 29.7. The zero-order chi connectivity index (χ0) is 17.6. The highest BCUT2D eigenvalue weighted by atomic mass is 35.5. The number of pyridine rings is 2. The Morgan fingerprint density at radius 2 is 1.84 bits per heavy atom. The molecule has 3 nitrogen and oxygen atoms in total. The molecule has 0 fully saturated rings. The Bertz CT molecular complexity index is 1110. The predicted molar refractivity (Wildman–Crippen MR) is 93.5 cm³/mol. The number of nitrogens with zero attached hydrogens (tertiary/aromatic N) is 3. The fourth-order valence-corrected chi connectivity index (χ4v) is 2.98. The molecule has 4 aromatic rings. The van der Waals surface area contributed by atoms with E-state index in [1.807, 2.05) is 35.7 Å². The Balaban J connectivity index is 1.95. The Kier molecular flexibility index (Phi) is 3.73. The lowest BCUT2D eigenvalue weighted by Gasteiger charge is -2.11. The van der Waals surface area contributed by atoms with Crippen LogP contribution in [0.1, 0.15) is 5.69 Å². The van der Waals surface area contributed by atoms with Crippen molar-refractivity contribution in [2.24, 2.45) is 0 Å². The van der Waals surface area contributed by atoms with E-state index in [9.17, 15) is 8.78 Å². The third kappa shape index (κ3) is 2.66. The Hall–Kier alpha value is -2.79. The summed E-state index contributed by atoms with van der Waals surface area (Å²) in [5.41, 5.74) is 3.93. The van der Waals surface area contributed by atoms with E-state index in [1.165, 1.54) is 6.07 Å². The second-order valence-corrected chi connectivity index (χ2v) is 6.10. The van der Waals surface area contributed by atoms with Gasteiger partial charge in [0.05, 0.1) is 10.7 Å². The van der Waals surface area contributed by atoms with Gasteiger partial charge in [-0.05, 0) is 31.2 Å². The highest BCUT2D eigenvalue weighted by Crippen LogP contribution is 2.34. The van der Waals surface area contributed by atoms with Crippen LogP contribution in [0.4, 0.5) is 8.78 Å². The van der Waals surface area contributed by atoms with E-state index in [-0.39, 0.29) is 10.6 Å². The maximum Gasteiger partial charge on any atom is 0.144 e. The van der Waals surface area contributed by atoms with Crippen LogP contribution in [0.2, 0.25) is 5.02 Å². The molecule has 0 radical (unpaired) electrons. The number of hydrogen-bond donors (Lipinski definition) is 0. The first kappa shape index (κ1) is 15.7. The van der Waals surface area contributed by atoms with Crippen molar-refractivity contribution in [2.75, 3.05) is 0 Å². The number of halogens is 3. The van der Waals surface area contributed by atoms with Gasteiger partial charge < -0.3 is 4.40 Å². The van der Waals surface area contributed by atoms with Crippen molar-refractivity contribution in [1.82, 2.24) is 14.4 Å². The van der Waals surface area contributed by atoms with Gasteiger partial charge >= 0.3 is 0 Å². The number of imidazole rings is 1. The van der Waals surface area contributed by atoms with Gasteiger partial charge in [0.25, 0.3) is 0 Å². The molecule has 25 heavy (non-hydrogen) atoms. The highest BCUT2D eigenvalue weighted by Gasteiger charge is 2.16.